The van der Waals surface area contributed by atoms with E-state index in [0.29, 0.717) is 12.5 Å². The second-order valence-corrected chi connectivity index (χ2v) is 5.93. The minimum absolute atomic E-state index is 0.592. The van der Waals surface area contributed by atoms with Crippen LogP contribution in [0.15, 0.2) is 47.1 Å². The number of hydrogen-bond acceptors (Lipinski definition) is 5. The van der Waals surface area contributed by atoms with Gasteiger partial charge in [0.15, 0.2) is 0 Å². The number of aryl methyl sites for hydroxylation is 3. The van der Waals surface area contributed by atoms with Crippen LogP contribution in [0.25, 0.3) is 0 Å². The van der Waals surface area contributed by atoms with Crippen molar-refractivity contribution in [2.24, 2.45) is 0 Å². The van der Waals surface area contributed by atoms with Crippen molar-refractivity contribution in [3.05, 3.63) is 65.2 Å². The van der Waals surface area contributed by atoms with Crippen LogP contribution in [0.1, 0.15) is 36.4 Å². The molecule has 0 amide bonds. The summed E-state index contributed by atoms with van der Waals surface area (Å²) in [5.74, 6) is 2.26. The summed E-state index contributed by atoms with van der Waals surface area (Å²) in [5, 5.41) is 6.72. The van der Waals surface area contributed by atoms with Crippen LogP contribution >= 0.6 is 0 Å². The summed E-state index contributed by atoms with van der Waals surface area (Å²) in [6.07, 6.45) is 3.60. The molecule has 5 nitrogen and oxygen atoms in total. The Hall–Kier alpha value is -2.82. The fraction of sp³-hybridized carbons (Fsp3) is 0.300. The molecule has 0 bridgehead atoms. The number of furan rings is 1. The summed E-state index contributed by atoms with van der Waals surface area (Å²) in [6.45, 7) is 6.88. The zero-order valence-electron chi connectivity index (χ0n) is 15.0. The van der Waals surface area contributed by atoms with Gasteiger partial charge in [-0.1, -0.05) is 32.0 Å². The van der Waals surface area contributed by atoms with E-state index in [2.05, 4.69) is 52.6 Å². The molecule has 0 spiro atoms. The molecule has 0 fully saturated rings. The number of hydrogen-bond donors (Lipinski definition) is 2. The van der Waals surface area contributed by atoms with Crippen molar-refractivity contribution in [2.75, 3.05) is 10.6 Å². The average molecular weight is 336 g/mol. The summed E-state index contributed by atoms with van der Waals surface area (Å²) in [7, 11) is 0. The standard InChI is InChI=1S/C20H24N4O/c1-4-15-8-6-9-16(5-2)19(15)24-20-22-14(3)12-18(23-20)21-13-17-10-7-11-25-17/h6-12H,4-5,13H2,1-3H3,(H2,21,22,23,24). The highest BCUT2D eigenvalue weighted by Crippen LogP contribution is 2.25. The summed E-state index contributed by atoms with van der Waals surface area (Å²) in [4.78, 5) is 9.14. The molecule has 130 valence electrons. The molecule has 3 aromatic rings. The molecule has 0 aliphatic heterocycles. The third-order valence-corrected chi connectivity index (χ3v) is 4.11. The number of nitrogens with zero attached hydrogens (tertiary/aromatic N) is 2. The van der Waals surface area contributed by atoms with E-state index in [1.807, 2.05) is 25.1 Å². The van der Waals surface area contributed by atoms with Gasteiger partial charge in [-0.2, -0.15) is 4.98 Å². The maximum absolute atomic E-state index is 5.35. The van der Waals surface area contributed by atoms with E-state index < -0.39 is 0 Å². The molecular weight excluding hydrogens is 312 g/mol. The lowest BCUT2D eigenvalue weighted by atomic mass is 10.0. The topological polar surface area (TPSA) is 63.0 Å². The summed E-state index contributed by atoms with van der Waals surface area (Å²) in [5.41, 5.74) is 4.57. The molecule has 3 rings (SSSR count). The minimum atomic E-state index is 0.592. The molecular formula is C20H24N4O. The normalized spacial score (nSPS) is 10.7. The Bertz CT molecular complexity index is 805. The Labute approximate surface area is 148 Å². The van der Waals surface area contributed by atoms with Gasteiger partial charge in [-0.15, -0.1) is 0 Å². The lowest BCUT2D eigenvalue weighted by molar-refractivity contribution is 0.518. The Balaban J connectivity index is 1.83. The third-order valence-electron chi connectivity index (χ3n) is 4.11. The van der Waals surface area contributed by atoms with Crippen molar-refractivity contribution in [3.63, 3.8) is 0 Å². The van der Waals surface area contributed by atoms with Gasteiger partial charge >= 0.3 is 0 Å². The summed E-state index contributed by atoms with van der Waals surface area (Å²) < 4.78 is 5.35. The van der Waals surface area contributed by atoms with Gasteiger partial charge in [0, 0.05) is 17.4 Å². The average Bonchev–Trinajstić information content (AvgIpc) is 3.13. The van der Waals surface area contributed by atoms with Gasteiger partial charge < -0.3 is 15.1 Å². The lowest BCUT2D eigenvalue weighted by Gasteiger charge is -2.15. The fourth-order valence-corrected chi connectivity index (χ4v) is 2.82. The highest BCUT2D eigenvalue weighted by molar-refractivity contribution is 5.64. The van der Waals surface area contributed by atoms with Crippen LogP contribution in [0, 0.1) is 6.92 Å². The molecule has 0 saturated heterocycles. The Morgan fingerprint density at radius 1 is 1.00 bits per heavy atom. The molecule has 0 atom stereocenters. The molecule has 0 saturated carbocycles. The number of nitrogens with one attached hydrogen (secondary N) is 2. The van der Waals surface area contributed by atoms with Crippen LogP contribution < -0.4 is 10.6 Å². The number of rotatable bonds is 7. The smallest absolute Gasteiger partial charge is 0.229 e. The number of anilines is 3. The first-order valence-electron chi connectivity index (χ1n) is 8.69. The van der Waals surface area contributed by atoms with Crippen molar-refractivity contribution < 1.29 is 4.42 Å². The van der Waals surface area contributed by atoms with Gasteiger partial charge in [0.2, 0.25) is 5.95 Å². The van der Waals surface area contributed by atoms with Gasteiger partial charge in [0.1, 0.15) is 11.6 Å². The quantitative estimate of drug-likeness (QED) is 0.645. The maximum Gasteiger partial charge on any atom is 0.229 e. The van der Waals surface area contributed by atoms with Crippen LogP contribution in [0.3, 0.4) is 0 Å². The molecule has 0 unspecified atom stereocenters. The molecule has 5 heteroatoms. The Morgan fingerprint density at radius 2 is 1.76 bits per heavy atom. The summed E-state index contributed by atoms with van der Waals surface area (Å²) >= 11 is 0. The highest BCUT2D eigenvalue weighted by Gasteiger charge is 2.09. The molecule has 0 aliphatic carbocycles. The van der Waals surface area contributed by atoms with Crippen LogP contribution in [-0.2, 0) is 19.4 Å². The fourth-order valence-electron chi connectivity index (χ4n) is 2.82. The Morgan fingerprint density at radius 3 is 2.40 bits per heavy atom. The van der Waals surface area contributed by atoms with Gasteiger partial charge in [-0.05, 0) is 43.0 Å². The molecule has 0 radical (unpaired) electrons. The molecule has 2 aromatic heterocycles. The van der Waals surface area contributed by atoms with Crippen LogP contribution in [0.2, 0.25) is 0 Å². The van der Waals surface area contributed by atoms with E-state index in [-0.39, 0.29) is 0 Å². The third kappa shape index (κ3) is 4.18. The zero-order valence-corrected chi connectivity index (χ0v) is 15.0. The molecule has 2 heterocycles. The first kappa shape index (κ1) is 17.0. The van der Waals surface area contributed by atoms with Crippen molar-refractivity contribution in [3.8, 4) is 0 Å². The lowest BCUT2D eigenvalue weighted by Crippen LogP contribution is -2.07. The van der Waals surface area contributed by atoms with Crippen molar-refractivity contribution >= 4 is 17.5 Å². The van der Waals surface area contributed by atoms with Crippen LogP contribution in [0.5, 0.6) is 0 Å². The molecule has 0 aliphatic rings. The first-order chi connectivity index (χ1) is 12.2. The largest absolute Gasteiger partial charge is 0.467 e. The molecule has 25 heavy (non-hydrogen) atoms. The van der Waals surface area contributed by atoms with E-state index in [9.17, 15) is 0 Å². The minimum Gasteiger partial charge on any atom is -0.467 e. The number of benzene rings is 1. The van der Waals surface area contributed by atoms with Crippen LogP contribution in [-0.4, -0.2) is 9.97 Å². The van der Waals surface area contributed by atoms with E-state index in [4.69, 9.17) is 4.42 Å². The van der Waals surface area contributed by atoms with Crippen molar-refractivity contribution in [1.29, 1.82) is 0 Å². The van der Waals surface area contributed by atoms with Crippen LogP contribution in [0.4, 0.5) is 17.5 Å². The van der Waals surface area contributed by atoms with Gasteiger partial charge in [-0.25, -0.2) is 4.98 Å². The second-order valence-electron chi connectivity index (χ2n) is 5.93. The molecule has 2 N–H and O–H groups in total. The van der Waals surface area contributed by atoms with E-state index in [1.54, 1.807) is 6.26 Å². The predicted molar refractivity (Wildman–Crippen MR) is 101 cm³/mol. The SMILES string of the molecule is CCc1cccc(CC)c1Nc1nc(C)cc(NCc2ccco2)n1. The maximum atomic E-state index is 5.35. The second kappa shape index (κ2) is 7.83. The summed E-state index contributed by atoms with van der Waals surface area (Å²) in [6, 6.07) is 12.1. The van der Waals surface area contributed by atoms with Gasteiger partial charge in [-0.3, -0.25) is 0 Å². The number of para-hydroxylation sites is 1. The van der Waals surface area contributed by atoms with Crippen molar-refractivity contribution in [2.45, 2.75) is 40.2 Å². The van der Waals surface area contributed by atoms with E-state index in [0.717, 1.165) is 35.8 Å². The van der Waals surface area contributed by atoms with E-state index >= 15 is 0 Å². The highest BCUT2D eigenvalue weighted by atomic mass is 16.3. The van der Waals surface area contributed by atoms with E-state index in [1.165, 1.54) is 11.1 Å². The Kier molecular flexibility index (Phi) is 5.33. The zero-order chi connectivity index (χ0) is 17.6. The first-order valence-corrected chi connectivity index (χ1v) is 8.69. The van der Waals surface area contributed by atoms with Gasteiger partial charge in [0.05, 0.1) is 12.8 Å². The van der Waals surface area contributed by atoms with Gasteiger partial charge in [0.25, 0.3) is 0 Å². The predicted octanol–water partition coefficient (Wildman–Crippen LogP) is 4.86. The van der Waals surface area contributed by atoms with Crippen molar-refractivity contribution in [1.82, 2.24) is 9.97 Å². The molecule has 1 aromatic carbocycles. The monoisotopic (exact) mass is 336 g/mol. The number of aromatic nitrogens is 2.